The highest BCUT2D eigenvalue weighted by Crippen LogP contribution is 2.32. The van der Waals surface area contributed by atoms with Gasteiger partial charge in [0.2, 0.25) is 0 Å². The minimum atomic E-state index is 0.0692. The number of carbonyl (C=O) groups is 1. The van der Waals surface area contributed by atoms with Crippen LogP contribution >= 0.6 is 11.6 Å². The van der Waals surface area contributed by atoms with Gasteiger partial charge in [0.15, 0.2) is 5.78 Å². The van der Waals surface area contributed by atoms with Gasteiger partial charge >= 0.3 is 0 Å². The van der Waals surface area contributed by atoms with Gasteiger partial charge in [-0.25, -0.2) is 4.98 Å². The van der Waals surface area contributed by atoms with E-state index in [4.69, 9.17) is 16.9 Å². The number of carbonyl (C=O) groups excluding carboxylic acids is 1. The number of aromatic nitrogens is 3. The number of nitrogens with zero attached hydrogens (tertiary/aromatic N) is 5. The first-order chi connectivity index (χ1) is 11.1. The van der Waals surface area contributed by atoms with Gasteiger partial charge in [-0.05, 0) is 18.9 Å². The summed E-state index contributed by atoms with van der Waals surface area (Å²) in [7, 11) is 1.79. The van der Waals surface area contributed by atoms with Crippen molar-refractivity contribution in [1.82, 2.24) is 14.8 Å². The largest absolute Gasteiger partial charge is 0.352 e. The van der Waals surface area contributed by atoms with E-state index in [1.165, 1.54) is 6.20 Å². The third-order valence-corrected chi connectivity index (χ3v) is 4.33. The molecule has 23 heavy (non-hydrogen) atoms. The summed E-state index contributed by atoms with van der Waals surface area (Å²) in [5.74, 6) is 0.715. The molecule has 3 rings (SSSR count). The van der Waals surface area contributed by atoms with Crippen molar-refractivity contribution in [1.29, 1.82) is 5.26 Å². The number of halogens is 1. The maximum absolute atomic E-state index is 12.4. The highest BCUT2D eigenvalue weighted by Gasteiger charge is 2.29. The van der Waals surface area contributed by atoms with Gasteiger partial charge in [-0.15, -0.1) is 0 Å². The molecule has 6 nitrogen and oxygen atoms in total. The van der Waals surface area contributed by atoms with E-state index < -0.39 is 0 Å². The fraction of sp³-hybridized carbons (Fsp3) is 0.375. The Morgan fingerprint density at radius 1 is 1.52 bits per heavy atom. The van der Waals surface area contributed by atoms with E-state index in [1.54, 1.807) is 30.2 Å². The number of anilines is 1. The molecular weight excluding hydrogens is 314 g/mol. The van der Waals surface area contributed by atoms with Crippen LogP contribution in [0.1, 0.15) is 35.2 Å². The van der Waals surface area contributed by atoms with Crippen molar-refractivity contribution in [3.63, 3.8) is 0 Å². The number of aryl methyl sites for hydroxylation is 1. The van der Waals surface area contributed by atoms with Gasteiger partial charge in [-0.3, -0.25) is 9.48 Å². The minimum absolute atomic E-state index is 0.0692. The zero-order valence-electron chi connectivity index (χ0n) is 12.7. The Hall–Kier alpha value is -2.39. The average Bonchev–Trinajstić information content (AvgIpc) is 3.16. The lowest BCUT2D eigenvalue weighted by Crippen LogP contribution is -2.32. The van der Waals surface area contributed by atoms with Crippen molar-refractivity contribution in [3.8, 4) is 6.07 Å². The maximum atomic E-state index is 12.4. The first-order valence-corrected chi connectivity index (χ1v) is 7.80. The Bertz CT molecular complexity index is 779. The smallest absolute Gasteiger partial charge is 0.168 e. The molecule has 1 atom stereocenters. The number of rotatable bonds is 4. The number of nitriles is 1. The van der Waals surface area contributed by atoms with Crippen molar-refractivity contribution < 1.29 is 4.79 Å². The first kappa shape index (κ1) is 15.5. The third kappa shape index (κ3) is 3.20. The molecule has 3 heterocycles. The van der Waals surface area contributed by atoms with Crippen molar-refractivity contribution in [2.75, 3.05) is 11.4 Å². The molecule has 0 bridgehead atoms. The summed E-state index contributed by atoms with van der Waals surface area (Å²) in [6.45, 7) is 0.809. The van der Waals surface area contributed by atoms with Gasteiger partial charge in [0.25, 0.3) is 0 Å². The van der Waals surface area contributed by atoms with Gasteiger partial charge < -0.3 is 4.90 Å². The highest BCUT2D eigenvalue weighted by molar-refractivity contribution is 6.33. The molecule has 7 heteroatoms. The topological polar surface area (TPSA) is 74.8 Å². The fourth-order valence-electron chi connectivity index (χ4n) is 2.93. The average molecular weight is 330 g/mol. The van der Waals surface area contributed by atoms with E-state index in [0.29, 0.717) is 28.4 Å². The van der Waals surface area contributed by atoms with E-state index in [1.807, 2.05) is 6.07 Å². The van der Waals surface area contributed by atoms with E-state index in [2.05, 4.69) is 15.0 Å². The Morgan fingerprint density at radius 2 is 2.35 bits per heavy atom. The van der Waals surface area contributed by atoms with Crippen molar-refractivity contribution >= 4 is 23.2 Å². The lowest BCUT2D eigenvalue weighted by Gasteiger charge is -2.26. The zero-order chi connectivity index (χ0) is 16.4. The number of ketones is 1. The fourth-order valence-corrected chi connectivity index (χ4v) is 3.20. The van der Waals surface area contributed by atoms with E-state index in [9.17, 15) is 4.79 Å². The van der Waals surface area contributed by atoms with E-state index in [-0.39, 0.29) is 11.8 Å². The second-order valence-corrected chi connectivity index (χ2v) is 6.07. The second-order valence-electron chi connectivity index (χ2n) is 5.66. The molecule has 1 aliphatic heterocycles. The third-order valence-electron chi connectivity index (χ3n) is 4.05. The van der Waals surface area contributed by atoms with E-state index >= 15 is 0 Å². The molecule has 0 radical (unpaired) electrons. The van der Waals surface area contributed by atoms with Gasteiger partial charge in [0.05, 0.1) is 22.3 Å². The second kappa shape index (κ2) is 6.39. The summed E-state index contributed by atoms with van der Waals surface area (Å²) in [5.41, 5.74) is 1.05. The first-order valence-electron chi connectivity index (χ1n) is 7.42. The maximum Gasteiger partial charge on any atom is 0.168 e. The Balaban J connectivity index is 1.78. The zero-order valence-corrected chi connectivity index (χ0v) is 13.5. The number of hydrogen-bond acceptors (Lipinski definition) is 5. The van der Waals surface area contributed by atoms with Crippen molar-refractivity contribution in [2.45, 2.75) is 25.3 Å². The SMILES string of the molecule is Cn1cc(C(=O)C[C@H]2CCCN2c2ncc(C#N)cc2Cl)cn1. The summed E-state index contributed by atoms with van der Waals surface area (Å²) in [6, 6.07) is 3.71. The summed E-state index contributed by atoms with van der Waals surface area (Å²) in [6.07, 6.45) is 7.15. The molecule has 0 unspecified atom stereocenters. The van der Waals surface area contributed by atoms with Gasteiger partial charge in [-0.2, -0.15) is 10.4 Å². The lowest BCUT2D eigenvalue weighted by molar-refractivity contribution is 0.0974. The van der Waals surface area contributed by atoms with Crippen LogP contribution in [0.4, 0.5) is 5.82 Å². The quantitative estimate of drug-likeness (QED) is 0.806. The van der Waals surface area contributed by atoms with Gasteiger partial charge in [0.1, 0.15) is 11.9 Å². The molecule has 118 valence electrons. The van der Waals surface area contributed by atoms with Gasteiger partial charge in [0, 0.05) is 38.4 Å². The van der Waals surface area contributed by atoms with Crippen LogP contribution < -0.4 is 4.90 Å². The lowest BCUT2D eigenvalue weighted by atomic mass is 10.0. The Morgan fingerprint density at radius 3 is 3.00 bits per heavy atom. The molecule has 0 amide bonds. The van der Waals surface area contributed by atoms with Crippen LogP contribution in [0.5, 0.6) is 0 Å². The standard InChI is InChI=1S/C16H16ClN5O/c1-21-10-12(9-20-21)15(23)6-13-3-2-4-22(13)16-14(17)5-11(7-18)8-19-16/h5,8-10,13H,2-4,6H2,1H3/t13-/m1/s1. The summed E-state index contributed by atoms with van der Waals surface area (Å²) in [4.78, 5) is 18.8. The summed E-state index contributed by atoms with van der Waals surface area (Å²) < 4.78 is 1.62. The number of hydrogen-bond donors (Lipinski definition) is 0. The molecule has 0 aromatic carbocycles. The predicted octanol–water partition coefficient (Wildman–Crippen LogP) is 2.58. The minimum Gasteiger partial charge on any atom is -0.352 e. The molecule has 2 aromatic rings. The van der Waals surface area contributed by atoms with Crippen LogP contribution in [0.2, 0.25) is 5.02 Å². The molecule has 1 aliphatic rings. The van der Waals surface area contributed by atoms with Crippen LogP contribution in [0.25, 0.3) is 0 Å². The molecule has 1 fully saturated rings. The Kier molecular flexibility index (Phi) is 4.30. The molecule has 0 spiro atoms. The number of Topliss-reactive ketones (excluding diaryl/α,β-unsaturated/α-hetero) is 1. The van der Waals surface area contributed by atoms with Crippen LogP contribution in [-0.4, -0.2) is 33.1 Å². The van der Waals surface area contributed by atoms with Crippen molar-refractivity contribution in [3.05, 3.63) is 40.8 Å². The highest BCUT2D eigenvalue weighted by atomic mass is 35.5. The normalized spacial score (nSPS) is 17.3. The van der Waals surface area contributed by atoms with Gasteiger partial charge in [-0.1, -0.05) is 11.6 Å². The van der Waals surface area contributed by atoms with Crippen molar-refractivity contribution in [2.24, 2.45) is 7.05 Å². The molecule has 0 aliphatic carbocycles. The van der Waals surface area contributed by atoms with E-state index in [0.717, 1.165) is 19.4 Å². The van der Waals surface area contributed by atoms with Crippen LogP contribution in [0, 0.1) is 11.3 Å². The molecule has 0 saturated carbocycles. The Labute approximate surface area is 139 Å². The summed E-state index contributed by atoms with van der Waals surface area (Å²) in [5, 5.41) is 13.4. The molecular formula is C16H16ClN5O. The van der Waals surface area contributed by atoms with Crippen LogP contribution in [-0.2, 0) is 7.05 Å². The molecule has 2 aromatic heterocycles. The monoisotopic (exact) mass is 329 g/mol. The number of pyridine rings is 1. The van der Waals surface area contributed by atoms with Crippen LogP contribution in [0.3, 0.4) is 0 Å². The molecule has 0 N–H and O–H groups in total. The summed E-state index contributed by atoms with van der Waals surface area (Å²) >= 11 is 6.26. The van der Waals surface area contributed by atoms with Crippen LogP contribution in [0.15, 0.2) is 24.7 Å². The molecule has 1 saturated heterocycles. The predicted molar refractivity (Wildman–Crippen MR) is 86.5 cm³/mol.